The van der Waals surface area contributed by atoms with E-state index in [9.17, 15) is 8.42 Å². The van der Waals surface area contributed by atoms with Gasteiger partial charge in [0.05, 0.1) is 4.90 Å². The number of halogens is 1. The van der Waals surface area contributed by atoms with Crippen molar-refractivity contribution in [2.45, 2.75) is 30.7 Å². The maximum absolute atomic E-state index is 12.3. The van der Waals surface area contributed by atoms with E-state index in [4.69, 9.17) is 4.74 Å². The van der Waals surface area contributed by atoms with Crippen LogP contribution < -0.4 is 14.8 Å². The third-order valence-corrected chi connectivity index (χ3v) is 5.48. The highest BCUT2D eigenvalue weighted by Gasteiger charge is 2.19. The molecule has 2 N–H and O–H groups in total. The van der Waals surface area contributed by atoms with Gasteiger partial charge in [-0.1, -0.05) is 12.1 Å². The molecule has 0 spiro atoms. The van der Waals surface area contributed by atoms with Crippen LogP contribution in [-0.4, -0.2) is 27.5 Å². The molecule has 2 aromatic carbocycles. The van der Waals surface area contributed by atoms with Crippen LogP contribution in [-0.2, 0) is 10.0 Å². The highest BCUT2D eigenvalue weighted by Crippen LogP contribution is 2.23. The molecule has 1 aliphatic rings. The van der Waals surface area contributed by atoms with Gasteiger partial charge in [0.25, 0.3) is 0 Å². The smallest absolute Gasteiger partial charge is 0.240 e. The Bertz CT molecular complexity index is 788. The molecule has 5 nitrogen and oxygen atoms in total. The zero-order valence-electron chi connectivity index (χ0n) is 14.1. The Morgan fingerprint density at radius 1 is 1.16 bits per heavy atom. The SMILES string of the molecule is Cc1cccc(Oc2ccc(S(=O)(=O)NCC3CCCN3)cc2)c1.Cl. The van der Waals surface area contributed by atoms with Crippen LogP contribution in [0.15, 0.2) is 53.4 Å². The van der Waals surface area contributed by atoms with E-state index < -0.39 is 10.0 Å². The lowest BCUT2D eigenvalue weighted by molar-refractivity contribution is 0.481. The van der Waals surface area contributed by atoms with Crippen molar-refractivity contribution < 1.29 is 13.2 Å². The van der Waals surface area contributed by atoms with Gasteiger partial charge in [0.1, 0.15) is 11.5 Å². The lowest BCUT2D eigenvalue weighted by Gasteiger charge is -2.12. The average molecular weight is 383 g/mol. The van der Waals surface area contributed by atoms with Crippen LogP contribution in [0.25, 0.3) is 0 Å². The normalized spacial score (nSPS) is 17.1. The third kappa shape index (κ3) is 5.44. The largest absolute Gasteiger partial charge is 0.457 e. The zero-order valence-corrected chi connectivity index (χ0v) is 15.7. The Labute approximate surface area is 155 Å². The summed E-state index contributed by atoms with van der Waals surface area (Å²) in [6.07, 6.45) is 2.10. The van der Waals surface area contributed by atoms with E-state index in [0.29, 0.717) is 12.3 Å². The van der Waals surface area contributed by atoms with Crippen molar-refractivity contribution in [1.82, 2.24) is 10.0 Å². The van der Waals surface area contributed by atoms with E-state index >= 15 is 0 Å². The number of rotatable bonds is 6. The average Bonchev–Trinajstić information content (AvgIpc) is 3.07. The summed E-state index contributed by atoms with van der Waals surface area (Å²) >= 11 is 0. The van der Waals surface area contributed by atoms with Gasteiger partial charge in [-0.25, -0.2) is 13.1 Å². The van der Waals surface area contributed by atoms with E-state index in [0.717, 1.165) is 30.7 Å². The number of ether oxygens (including phenoxy) is 1. The molecule has 1 atom stereocenters. The van der Waals surface area contributed by atoms with E-state index in [-0.39, 0.29) is 23.3 Å². The number of nitrogens with one attached hydrogen (secondary N) is 2. The number of benzene rings is 2. The Morgan fingerprint density at radius 3 is 2.56 bits per heavy atom. The quantitative estimate of drug-likeness (QED) is 0.804. The summed E-state index contributed by atoms with van der Waals surface area (Å²) in [6.45, 7) is 3.37. The lowest BCUT2D eigenvalue weighted by Crippen LogP contribution is -2.37. The Kier molecular flexibility index (Phi) is 6.84. The minimum Gasteiger partial charge on any atom is -0.457 e. The predicted molar refractivity (Wildman–Crippen MR) is 101 cm³/mol. The van der Waals surface area contributed by atoms with Gasteiger partial charge in [-0.2, -0.15) is 0 Å². The molecule has 1 saturated heterocycles. The molecule has 1 unspecified atom stereocenters. The van der Waals surface area contributed by atoms with Crippen molar-refractivity contribution in [3.05, 3.63) is 54.1 Å². The molecule has 1 fully saturated rings. The van der Waals surface area contributed by atoms with Gasteiger partial charge in [0.2, 0.25) is 10.0 Å². The zero-order chi connectivity index (χ0) is 17.0. The van der Waals surface area contributed by atoms with Crippen LogP contribution in [0.3, 0.4) is 0 Å². The molecule has 0 saturated carbocycles. The fraction of sp³-hybridized carbons (Fsp3) is 0.333. The Hall–Kier alpha value is -1.60. The second-order valence-corrected chi connectivity index (χ2v) is 7.80. The van der Waals surface area contributed by atoms with Gasteiger partial charge in [-0.15, -0.1) is 12.4 Å². The Morgan fingerprint density at radius 2 is 1.92 bits per heavy atom. The summed E-state index contributed by atoms with van der Waals surface area (Å²) in [5, 5.41) is 3.27. The molecule has 0 aromatic heterocycles. The maximum atomic E-state index is 12.3. The van der Waals surface area contributed by atoms with Crippen LogP contribution >= 0.6 is 12.4 Å². The highest BCUT2D eigenvalue weighted by atomic mass is 35.5. The summed E-state index contributed by atoms with van der Waals surface area (Å²) in [5.41, 5.74) is 1.11. The van der Waals surface area contributed by atoms with Gasteiger partial charge < -0.3 is 10.1 Å². The molecule has 0 bridgehead atoms. The van der Waals surface area contributed by atoms with Crippen LogP contribution in [0.4, 0.5) is 0 Å². The second-order valence-electron chi connectivity index (χ2n) is 6.04. The van der Waals surface area contributed by atoms with Gasteiger partial charge in [0.15, 0.2) is 0 Å². The van der Waals surface area contributed by atoms with Crippen LogP contribution in [0.1, 0.15) is 18.4 Å². The standard InChI is InChI=1S/C18H22N2O3S.ClH/c1-14-4-2-6-17(12-14)23-16-7-9-18(10-8-16)24(21,22)20-13-15-5-3-11-19-15;/h2,4,6-10,12,15,19-20H,3,5,11,13H2,1H3;1H. The monoisotopic (exact) mass is 382 g/mol. The summed E-state index contributed by atoms with van der Waals surface area (Å²) in [4.78, 5) is 0.247. The van der Waals surface area contributed by atoms with E-state index in [1.807, 2.05) is 31.2 Å². The van der Waals surface area contributed by atoms with E-state index in [2.05, 4.69) is 10.0 Å². The van der Waals surface area contributed by atoms with Crippen molar-refractivity contribution >= 4 is 22.4 Å². The summed E-state index contributed by atoms with van der Waals surface area (Å²) in [7, 11) is -3.49. The minimum absolute atomic E-state index is 0. The first-order valence-electron chi connectivity index (χ1n) is 8.10. The fourth-order valence-electron chi connectivity index (χ4n) is 2.73. The first-order valence-corrected chi connectivity index (χ1v) is 9.59. The summed E-state index contributed by atoms with van der Waals surface area (Å²) in [5.74, 6) is 1.34. The lowest BCUT2D eigenvalue weighted by atomic mass is 10.2. The minimum atomic E-state index is -3.49. The Balaban J connectivity index is 0.00000225. The molecule has 1 aliphatic heterocycles. The van der Waals surface area contributed by atoms with Crippen LogP contribution in [0, 0.1) is 6.92 Å². The predicted octanol–water partition coefficient (Wildman–Crippen LogP) is 3.24. The number of sulfonamides is 1. The molecule has 0 amide bonds. The van der Waals surface area contributed by atoms with Gasteiger partial charge in [0, 0.05) is 12.6 Å². The number of aryl methyl sites for hydroxylation is 1. The maximum Gasteiger partial charge on any atom is 0.240 e. The van der Waals surface area contributed by atoms with Crippen LogP contribution in [0.2, 0.25) is 0 Å². The van der Waals surface area contributed by atoms with Crippen molar-refractivity contribution in [2.75, 3.05) is 13.1 Å². The van der Waals surface area contributed by atoms with E-state index in [1.165, 1.54) is 0 Å². The molecule has 2 aromatic rings. The number of hydrogen-bond donors (Lipinski definition) is 2. The first kappa shape index (κ1) is 19.7. The molecular weight excluding hydrogens is 360 g/mol. The molecule has 1 heterocycles. The molecule has 7 heteroatoms. The summed E-state index contributed by atoms with van der Waals surface area (Å²) < 4.78 is 33.1. The molecule has 0 aliphatic carbocycles. The number of hydrogen-bond acceptors (Lipinski definition) is 4. The molecule has 136 valence electrons. The highest BCUT2D eigenvalue weighted by molar-refractivity contribution is 7.89. The van der Waals surface area contributed by atoms with Gasteiger partial charge >= 0.3 is 0 Å². The summed E-state index contributed by atoms with van der Waals surface area (Å²) in [6, 6.07) is 14.4. The topological polar surface area (TPSA) is 67.4 Å². The van der Waals surface area contributed by atoms with E-state index in [1.54, 1.807) is 24.3 Å². The first-order chi connectivity index (χ1) is 11.5. The van der Waals surface area contributed by atoms with Gasteiger partial charge in [-0.05, 0) is 68.3 Å². The van der Waals surface area contributed by atoms with Crippen LogP contribution in [0.5, 0.6) is 11.5 Å². The van der Waals surface area contributed by atoms with Crippen molar-refractivity contribution in [2.24, 2.45) is 0 Å². The molecule has 0 radical (unpaired) electrons. The second kappa shape index (κ2) is 8.67. The van der Waals surface area contributed by atoms with Crippen molar-refractivity contribution in [3.8, 4) is 11.5 Å². The van der Waals surface area contributed by atoms with Crippen molar-refractivity contribution in [3.63, 3.8) is 0 Å². The van der Waals surface area contributed by atoms with Crippen molar-refractivity contribution in [1.29, 1.82) is 0 Å². The fourth-order valence-corrected chi connectivity index (χ4v) is 3.81. The molecule has 3 rings (SSSR count). The van der Waals surface area contributed by atoms with Gasteiger partial charge in [-0.3, -0.25) is 0 Å². The molecule has 25 heavy (non-hydrogen) atoms. The third-order valence-electron chi connectivity index (χ3n) is 4.04. The molecular formula is C18H23ClN2O3S.